The summed E-state index contributed by atoms with van der Waals surface area (Å²) in [4.78, 5) is 23.5. The van der Waals surface area contributed by atoms with Crippen molar-refractivity contribution in [1.82, 2.24) is 14.9 Å². The summed E-state index contributed by atoms with van der Waals surface area (Å²) >= 11 is 0. The molecule has 4 heterocycles. The van der Waals surface area contributed by atoms with Gasteiger partial charge < -0.3 is 19.9 Å². The Hall–Kier alpha value is -2.55. The molecular formula is C29H40N4O4. The number of aliphatic carboxylic acids is 1. The average Bonchev–Trinajstić information content (AvgIpc) is 2.90. The minimum absolute atomic E-state index is 0.202. The van der Waals surface area contributed by atoms with Gasteiger partial charge in [0.2, 0.25) is 0 Å². The molecule has 0 aromatic carbocycles. The summed E-state index contributed by atoms with van der Waals surface area (Å²) in [6.07, 6.45) is 13.0. The van der Waals surface area contributed by atoms with Crippen molar-refractivity contribution in [2.24, 2.45) is 0 Å². The molecule has 2 N–H and O–H groups in total. The fourth-order valence-corrected chi connectivity index (χ4v) is 6.04. The summed E-state index contributed by atoms with van der Waals surface area (Å²) < 4.78 is 11.6. The monoisotopic (exact) mass is 508 g/mol. The van der Waals surface area contributed by atoms with Crippen LogP contribution in [-0.4, -0.2) is 71.0 Å². The highest BCUT2D eigenvalue weighted by atomic mass is 16.5. The Labute approximate surface area is 219 Å². The quantitative estimate of drug-likeness (QED) is 0.426. The zero-order chi connectivity index (χ0) is 25.6. The highest BCUT2D eigenvalue weighted by Gasteiger charge is 2.40. The molecule has 200 valence electrons. The van der Waals surface area contributed by atoms with Crippen molar-refractivity contribution in [3.63, 3.8) is 0 Å². The van der Waals surface area contributed by atoms with Crippen LogP contribution in [-0.2, 0) is 20.7 Å². The van der Waals surface area contributed by atoms with E-state index in [1.165, 1.54) is 5.56 Å². The molecule has 2 aromatic heterocycles. The van der Waals surface area contributed by atoms with E-state index in [0.717, 1.165) is 81.5 Å². The molecule has 0 unspecified atom stereocenters. The van der Waals surface area contributed by atoms with Crippen molar-refractivity contribution >= 4 is 11.8 Å². The maximum Gasteiger partial charge on any atom is 0.325 e. The molecule has 2 aromatic rings. The van der Waals surface area contributed by atoms with Crippen LogP contribution in [0.2, 0.25) is 0 Å². The molecule has 2 fully saturated rings. The van der Waals surface area contributed by atoms with Gasteiger partial charge in [-0.3, -0.25) is 14.7 Å². The van der Waals surface area contributed by atoms with Gasteiger partial charge in [0.15, 0.2) is 0 Å². The fraction of sp³-hybridized carbons (Fsp3) is 0.621. The summed E-state index contributed by atoms with van der Waals surface area (Å²) in [7, 11) is 1.94. The van der Waals surface area contributed by atoms with Gasteiger partial charge in [0, 0.05) is 61.5 Å². The van der Waals surface area contributed by atoms with Crippen LogP contribution >= 0.6 is 0 Å². The lowest BCUT2D eigenvalue weighted by Gasteiger charge is -2.43. The number of carbonyl (C=O) groups is 1. The number of unbranched alkanes of at least 4 members (excludes halogenated alkanes) is 1. The second kappa shape index (κ2) is 12.3. The average molecular weight is 509 g/mol. The van der Waals surface area contributed by atoms with Crippen molar-refractivity contribution in [3.05, 3.63) is 53.5 Å². The molecule has 8 heteroatoms. The predicted octanol–water partition coefficient (Wildman–Crippen LogP) is 4.57. The number of aromatic nitrogens is 2. The normalized spacial score (nSPS) is 24.6. The number of pyridine rings is 2. The van der Waals surface area contributed by atoms with E-state index in [1.54, 1.807) is 6.20 Å². The third kappa shape index (κ3) is 6.30. The number of carboxylic acid groups (broad SMARTS) is 1. The molecule has 0 spiro atoms. The van der Waals surface area contributed by atoms with Crippen molar-refractivity contribution in [3.8, 4) is 0 Å². The SMILES string of the molecule is CN(C1CC(OCCCC[C@H]2CCc3cccnc3N2)C1)[C@H](C(=O)O)c1cccnc1C1CCOCC1. The Balaban J connectivity index is 1.05. The number of ether oxygens (including phenoxy) is 2. The number of rotatable bonds is 11. The highest BCUT2D eigenvalue weighted by molar-refractivity contribution is 5.76. The Kier molecular flexibility index (Phi) is 8.69. The Bertz CT molecular complexity index is 1040. The zero-order valence-corrected chi connectivity index (χ0v) is 21.8. The first-order chi connectivity index (χ1) is 18.1. The number of likely N-dealkylation sites (N-methyl/N-ethyl adjacent to an activating group) is 1. The maximum absolute atomic E-state index is 12.4. The van der Waals surface area contributed by atoms with Crippen LogP contribution < -0.4 is 5.32 Å². The summed E-state index contributed by atoms with van der Waals surface area (Å²) in [6, 6.07) is 7.96. The molecule has 1 saturated carbocycles. The topological polar surface area (TPSA) is 96.8 Å². The minimum Gasteiger partial charge on any atom is -0.480 e. The largest absolute Gasteiger partial charge is 0.480 e. The summed E-state index contributed by atoms with van der Waals surface area (Å²) in [5.41, 5.74) is 3.06. The second-order valence-corrected chi connectivity index (χ2v) is 10.8. The van der Waals surface area contributed by atoms with E-state index in [4.69, 9.17) is 9.47 Å². The third-order valence-corrected chi connectivity index (χ3v) is 8.36. The lowest BCUT2D eigenvalue weighted by atomic mass is 9.85. The molecule has 1 aliphatic carbocycles. The van der Waals surface area contributed by atoms with E-state index >= 15 is 0 Å². The van der Waals surface area contributed by atoms with Crippen molar-refractivity contribution in [2.45, 2.75) is 87.9 Å². The van der Waals surface area contributed by atoms with Crippen molar-refractivity contribution < 1.29 is 19.4 Å². The standard InChI is InChI=1S/C29H40N4O4/c1-33(27(29(34)35)25-8-5-13-30-26(25)20-11-16-36-17-12-20)23-18-24(19-23)37-15-3-2-7-22-10-9-21-6-4-14-31-28(21)32-22/h4-6,8,13-14,20,22-24,27H,2-3,7,9-12,15-19H2,1H3,(H,31,32)(H,34,35)/t22-,23?,24?,27-/m0/s1. The molecule has 37 heavy (non-hydrogen) atoms. The molecule has 5 rings (SSSR count). The van der Waals surface area contributed by atoms with E-state index in [-0.39, 0.29) is 18.1 Å². The third-order valence-electron chi connectivity index (χ3n) is 8.36. The number of anilines is 1. The maximum atomic E-state index is 12.4. The van der Waals surface area contributed by atoms with Crippen LogP contribution in [0.5, 0.6) is 0 Å². The first kappa shape index (κ1) is 26.1. The van der Waals surface area contributed by atoms with E-state index in [1.807, 2.05) is 36.3 Å². The fourth-order valence-electron chi connectivity index (χ4n) is 6.04. The van der Waals surface area contributed by atoms with Crippen LogP contribution in [0.3, 0.4) is 0 Å². The van der Waals surface area contributed by atoms with Crippen LogP contribution in [0.4, 0.5) is 5.82 Å². The Morgan fingerprint density at radius 3 is 2.76 bits per heavy atom. The lowest BCUT2D eigenvalue weighted by Crippen LogP contribution is -2.49. The van der Waals surface area contributed by atoms with Crippen LogP contribution in [0, 0.1) is 0 Å². The Morgan fingerprint density at radius 1 is 1.16 bits per heavy atom. The van der Waals surface area contributed by atoms with Crippen molar-refractivity contribution in [1.29, 1.82) is 0 Å². The van der Waals surface area contributed by atoms with Gasteiger partial charge in [-0.1, -0.05) is 12.1 Å². The number of fused-ring (bicyclic) bond motifs is 1. The van der Waals surface area contributed by atoms with Gasteiger partial charge in [0.1, 0.15) is 11.9 Å². The van der Waals surface area contributed by atoms with E-state index < -0.39 is 12.0 Å². The second-order valence-electron chi connectivity index (χ2n) is 10.8. The number of nitrogens with one attached hydrogen (secondary N) is 1. The molecule has 8 nitrogen and oxygen atoms in total. The zero-order valence-electron chi connectivity index (χ0n) is 21.8. The minimum atomic E-state index is -0.817. The molecule has 2 aliphatic heterocycles. The number of nitrogens with zero attached hydrogens (tertiary/aromatic N) is 3. The van der Waals surface area contributed by atoms with Gasteiger partial charge in [-0.25, -0.2) is 4.98 Å². The van der Waals surface area contributed by atoms with Gasteiger partial charge in [0.05, 0.1) is 6.10 Å². The Morgan fingerprint density at radius 2 is 1.95 bits per heavy atom. The molecule has 0 radical (unpaired) electrons. The lowest BCUT2D eigenvalue weighted by molar-refractivity contribution is -0.146. The van der Waals surface area contributed by atoms with Gasteiger partial charge in [-0.15, -0.1) is 0 Å². The molecular weight excluding hydrogens is 468 g/mol. The first-order valence-electron chi connectivity index (χ1n) is 13.9. The number of hydrogen-bond acceptors (Lipinski definition) is 7. The van der Waals surface area contributed by atoms with Crippen LogP contribution in [0.15, 0.2) is 36.7 Å². The molecule has 0 amide bonds. The van der Waals surface area contributed by atoms with Gasteiger partial charge in [-0.05, 0) is 82.5 Å². The smallest absolute Gasteiger partial charge is 0.325 e. The van der Waals surface area contributed by atoms with Gasteiger partial charge in [-0.2, -0.15) is 0 Å². The molecule has 2 atom stereocenters. The van der Waals surface area contributed by atoms with Crippen molar-refractivity contribution in [2.75, 3.05) is 32.2 Å². The first-order valence-corrected chi connectivity index (χ1v) is 13.9. The van der Waals surface area contributed by atoms with E-state index in [9.17, 15) is 9.90 Å². The van der Waals surface area contributed by atoms with E-state index in [2.05, 4.69) is 21.4 Å². The summed E-state index contributed by atoms with van der Waals surface area (Å²) in [5, 5.41) is 13.8. The van der Waals surface area contributed by atoms with Crippen LogP contribution in [0.1, 0.15) is 80.1 Å². The highest BCUT2D eigenvalue weighted by Crippen LogP contribution is 2.37. The van der Waals surface area contributed by atoms with Crippen LogP contribution in [0.25, 0.3) is 0 Å². The predicted molar refractivity (Wildman–Crippen MR) is 142 cm³/mol. The molecule has 3 aliphatic rings. The number of hydrogen-bond donors (Lipinski definition) is 2. The number of aryl methyl sites for hydroxylation is 1. The van der Waals surface area contributed by atoms with Gasteiger partial charge >= 0.3 is 5.97 Å². The van der Waals surface area contributed by atoms with Gasteiger partial charge in [0.25, 0.3) is 0 Å². The number of carboxylic acids is 1. The molecule has 0 bridgehead atoms. The summed E-state index contributed by atoms with van der Waals surface area (Å²) in [5.74, 6) is 0.486. The molecule has 1 saturated heterocycles. The summed E-state index contributed by atoms with van der Waals surface area (Å²) in [6.45, 7) is 2.18. The van der Waals surface area contributed by atoms with E-state index in [0.29, 0.717) is 19.3 Å².